The zero-order valence-corrected chi connectivity index (χ0v) is 12.4. The standard InChI is InChI=1S/C17H14FN3O2/c1-11-15(17(22)23)21(10-13-5-2-3-7-14(13)18)16(20-11)12-6-4-8-19-9-12/h2-9H,10H2,1H3,(H,22,23). The van der Waals surface area contributed by atoms with Gasteiger partial charge in [-0.3, -0.25) is 4.98 Å². The van der Waals surface area contributed by atoms with Gasteiger partial charge in [0.25, 0.3) is 0 Å². The summed E-state index contributed by atoms with van der Waals surface area (Å²) in [6.07, 6.45) is 3.23. The number of hydrogen-bond donors (Lipinski definition) is 1. The highest BCUT2D eigenvalue weighted by Crippen LogP contribution is 2.24. The van der Waals surface area contributed by atoms with E-state index in [9.17, 15) is 14.3 Å². The second-order valence-electron chi connectivity index (χ2n) is 5.09. The Morgan fingerprint density at radius 3 is 2.70 bits per heavy atom. The molecule has 0 fully saturated rings. The van der Waals surface area contributed by atoms with Gasteiger partial charge < -0.3 is 9.67 Å². The predicted molar refractivity (Wildman–Crippen MR) is 82.7 cm³/mol. The van der Waals surface area contributed by atoms with Gasteiger partial charge in [-0.2, -0.15) is 0 Å². The maximum Gasteiger partial charge on any atom is 0.354 e. The Morgan fingerprint density at radius 2 is 2.04 bits per heavy atom. The number of benzene rings is 1. The van der Waals surface area contributed by atoms with Crippen LogP contribution in [0.3, 0.4) is 0 Å². The van der Waals surface area contributed by atoms with Gasteiger partial charge in [-0.1, -0.05) is 18.2 Å². The lowest BCUT2D eigenvalue weighted by molar-refractivity contribution is 0.0685. The summed E-state index contributed by atoms with van der Waals surface area (Å²) in [5.74, 6) is -1.02. The summed E-state index contributed by atoms with van der Waals surface area (Å²) in [4.78, 5) is 20.0. The smallest absolute Gasteiger partial charge is 0.354 e. The summed E-state index contributed by atoms with van der Waals surface area (Å²) in [5, 5.41) is 9.48. The van der Waals surface area contributed by atoms with Crippen molar-refractivity contribution in [3.63, 3.8) is 0 Å². The first-order valence-corrected chi connectivity index (χ1v) is 7.02. The molecule has 1 N–H and O–H groups in total. The van der Waals surface area contributed by atoms with Crippen LogP contribution in [0.5, 0.6) is 0 Å². The number of halogens is 1. The molecule has 0 aliphatic heterocycles. The van der Waals surface area contributed by atoms with E-state index in [1.165, 1.54) is 10.6 Å². The van der Waals surface area contributed by atoms with Gasteiger partial charge in [-0.15, -0.1) is 0 Å². The van der Waals surface area contributed by atoms with Gasteiger partial charge in [-0.05, 0) is 25.1 Å². The number of rotatable bonds is 4. The minimum absolute atomic E-state index is 0.0482. The molecule has 6 heteroatoms. The molecule has 0 aliphatic rings. The molecule has 0 amide bonds. The number of imidazole rings is 1. The summed E-state index contributed by atoms with van der Waals surface area (Å²) in [6.45, 7) is 1.71. The van der Waals surface area contributed by atoms with Crippen LogP contribution in [0.4, 0.5) is 4.39 Å². The Bertz CT molecular complexity index is 860. The third kappa shape index (κ3) is 2.83. The number of aryl methyl sites for hydroxylation is 1. The summed E-state index contributed by atoms with van der Waals surface area (Å²) in [5.41, 5.74) is 1.51. The highest BCUT2D eigenvalue weighted by Gasteiger charge is 2.21. The topological polar surface area (TPSA) is 68.0 Å². The third-order valence-corrected chi connectivity index (χ3v) is 3.55. The van der Waals surface area contributed by atoms with Gasteiger partial charge >= 0.3 is 5.97 Å². The molecule has 0 spiro atoms. The molecule has 2 heterocycles. The second-order valence-corrected chi connectivity index (χ2v) is 5.09. The quantitative estimate of drug-likeness (QED) is 0.803. The first kappa shape index (κ1) is 14.9. The number of carbonyl (C=O) groups is 1. The fraction of sp³-hybridized carbons (Fsp3) is 0.118. The maximum atomic E-state index is 14.0. The van der Waals surface area contributed by atoms with E-state index in [1.807, 2.05) is 0 Å². The van der Waals surface area contributed by atoms with Crippen molar-refractivity contribution in [3.05, 3.63) is 71.6 Å². The number of carboxylic acid groups (broad SMARTS) is 1. The van der Waals surface area contributed by atoms with Crippen LogP contribution < -0.4 is 0 Å². The summed E-state index contributed by atoms with van der Waals surface area (Å²) in [7, 11) is 0. The molecule has 0 aliphatic carbocycles. The lowest BCUT2D eigenvalue weighted by atomic mass is 10.2. The molecule has 0 radical (unpaired) electrons. The van der Waals surface area contributed by atoms with E-state index in [2.05, 4.69) is 9.97 Å². The third-order valence-electron chi connectivity index (χ3n) is 3.55. The number of carboxylic acids is 1. The lowest BCUT2D eigenvalue weighted by Crippen LogP contribution is -2.12. The average molecular weight is 311 g/mol. The van der Waals surface area contributed by atoms with Gasteiger partial charge in [-0.25, -0.2) is 14.2 Å². The normalized spacial score (nSPS) is 10.7. The Labute approximate surface area is 132 Å². The fourth-order valence-electron chi connectivity index (χ4n) is 2.51. The van der Waals surface area contributed by atoms with Crippen LogP contribution in [-0.2, 0) is 6.54 Å². The molecule has 0 atom stereocenters. The number of pyridine rings is 1. The SMILES string of the molecule is Cc1nc(-c2cccnc2)n(Cc2ccccc2F)c1C(=O)O. The van der Waals surface area contributed by atoms with Crippen molar-refractivity contribution in [2.24, 2.45) is 0 Å². The minimum atomic E-state index is -1.10. The molecule has 2 aromatic heterocycles. The molecule has 23 heavy (non-hydrogen) atoms. The van der Waals surface area contributed by atoms with Crippen molar-refractivity contribution in [3.8, 4) is 11.4 Å². The van der Waals surface area contributed by atoms with Crippen LogP contribution in [0, 0.1) is 12.7 Å². The van der Waals surface area contributed by atoms with Crippen LogP contribution in [0.2, 0.25) is 0 Å². The van der Waals surface area contributed by atoms with Crippen molar-refractivity contribution >= 4 is 5.97 Å². The van der Waals surface area contributed by atoms with Crippen LogP contribution in [-0.4, -0.2) is 25.6 Å². The molecule has 116 valence electrons. The van der Waals surface area contributed by atoms with Crippen LogP contribution in [0.25, 0.3) is 11.4 Å². The lowest BCUT2D eigenvalue weighted by Gasteiger charge is -2.11. The van der Waals surface area contributed by atoms with Gasteiger partial charge in [0, 0.05) is 23.5 Å². The first-order chi connectivity index (χ1) is 11.1. The van der Waals surface area contributed by atoms with Gasteiger partial charge in [0.05, 0.1) is 12.2 Å². The Balaban J connectivity index is 2.17. The number of aromatic nitrogens is 3. The monoisotopic (exact) mass is 311 g/mol. The van der Waals surface area contributed by atoms with Crippen LogP contribution >= 0.6 is 0 Å². The predicted octanol–water partition coefficient (Wildman–Crippen LogP) is 3.14. The molecule has 5 nitrogen and oxygen atoms in total. The zero-order chi connectivity index (χ0) is 16.4. The molecular formula is C17H14FN3O2. The first-order valence-electron chi connectivity index (χ1n) is 7.02. The van der Waals surface area contributed by atoms with E-state index in [4.69, 9.17) is 0 Å². The summed E-state index contributed by atoms with van der Waals surface area (Å²) >= 11 is 0. The number of nitrogens with zero attached hydrogens (tertiary/aromatic N) is 3. The zero-order valence-electron chi connectivity index (χ0n) is 12.4. The van der Waals surface area contributed by atoms with Crippen LogP contribution in [0.15, 0.2) is 48.8 Å². The van der Waals surface area contributed by atoms with E-state index in [-0.39, 0.29) is 18.1 Å². The summed E-state index contributed by atoms with van der Waals surface area (Å²) < 4.78 is 15.5. The molecular weight excluding hydrogens is 297 g/mol. The average Bonchev–Trinajstić information content (AvgIpc) is 2.87. The van der Waals surface area contributed by atoms with E-state index < -0.39 is 5.97 Å². The molecule has 0 unspecified atom stereocenters. The van der Waals surface area contributed by atoms with Crippen molar-refractivity contribution < 1.29 is 14.3 Å². The van der Waals surface area contributed by atoms with Crippen LogP contribution in [0.1, 0.15) is 21.7 Å². The molecule has 0 saturated heterocycles. The maximum absolute atomic E-state index is 14.0. The van der Waals surface area contributed by atoms with E-state index in [0.29, 0.717) is 22.6 Å². The van der Waals surface area contributed by atoms with E-state index in [1.54, 1.807) is 49.6 Å². The van der Waals surface area contributed by atoms with Gasteiger partial charge in [0.1, 0.15) is 11.6 Å². The van der Waals surface area contributed by atoms with E-state index in [0.717, 1.165) is 0 Å². The second kappa shape index (κ2) is 6.00. The number of hydrogen-bond acceptors (Lipinski definition) is 3. The molecule has 3 aromatic rings. The van der Waals surface area contributed by atoms with Crippen molar-refractivity contribution in [2.45, 2.75) is 13.5 Å². The largest absolute Gasteiger partial charge is 0.477 e. The summed E-state index contributed by atoms with van der Waals surface area (Å²) in [6, 6.07) is 9.82. The Hall–Kier alpha value is -3.02. The van der Waals surface area contributed by atoms with E-state index >= 15 is 0 Å². The van der Waals surface area contributed by atoms with Crippen molar-refractivity contribution in [2.75, 3.05) is 0 Å². The number of aromatic carboxylic acids is 1. The Kier molecular flexibility index (Phi) is 3.89. The van der Waals surface area contributed by atoms with Crippen molar-refractivity contribution in [1.82, 2.24) is 14.5 Å². The fourth-order valence-corrected chi connectivity index (χ4v) is 2.51. The Morgan fingerprint density at radius 1 is 1.26 bits per heavy atom. The molecule has 0 saturated carbocycles. The van der Waals surface area contributed by atoms with Crippen molar-refractivity contribution in [1.29, 1.82) is 0 Å². The highest BCUT2D eigenvalue weighted by atomic mass is 19.1. The highest BCUT2D eigenvalue weighted by molar-refractivity contribution is 5.88. The molecule has 0 bridgehead atoms. The molecule has 3 rings (SSSR count). The molecule has 1 aromatic carbocycles. The van der Waals surface area contributed by atoms with Gasteiger partial charge in [0.2, 0.25) is 0 Å². The van der Waals surface area contributed by atoms with Gasteiger partial charge in [0.15, 0.2) is 5.69 Å². The minimum Gasteiger partial charge on any atom is -0.477 e.